The van der Waals surface area contributed by atoms with Crippen molar-refractivity contribution in [2.75, 3.05) is 18.2 Å². The van der Waals surface area contributed by atoms with Crippen LogP contribution in [0, 0.1) is 12.3 Å². The van der Waals surface area contributed by atoms with Crippen LogP contribution >= 0.6 is 0 Å². The molecule has 0 aliphatic carbocycles. The van der Waals surface area contributed by atoms with Gasteiger partial charge in [0.25, 0.3) is 0 Å². The van der Waals surface area contributed by atoms with Crippen molar-refractivity contribution in [3.05, 3.63) is 66.2 Å². The maximum atomic E-state index is 13.2. The number of hydrogen-bond acceptors (Lipinski definition) is 9. The molecule has 1 amide bonds. The second-order valence-electron chi connectivity index (χ2n) is 7.98. The molecule has 2 aromatic carbocycles. The molecule has 3 aromatic rings. The Kier molecular flexibility index (Phi) is 9.23. The molecular weight excluding hydrogens is 516 g/mol. The topological polar surface area (TPSA) is 153 Å². The summed E-state index contributed by atoms with van der Waals surface area (Å²) in [6.07, 6.45) is 3.55. The molecule has 12 heteroatoms. The van der Waals surface area contributed by atoms with Crippen molar-refractivity contribution in [3.8, 4) is 29.9 Å². The lowest BCUT2D eigenvalue weighted by atomic mass is 10.1. The molecule has 0 saturated heterocycles. The summed E-state index contributed by atoms with van der Waals surface area (Å²) in [5.74, 6) is 0.763. The Morgan fingerprint density at radius 3 is 2.39 bits per heavy atom. The lowest BCUT2D eigenvalue weighted by Gasteiger charge is -2.19. The number of terminal acetylenes is 1. The Morgan fingerprint density at radius 1 is 1.08 bits per heavy atom. The Bertz CT molecular complexity index is 1400. The van der Waals surface area contributed by atoms with Gasteiger partial charge in [-0.1, -0.05) is 12.1 Å². The number of anilines is 1. The molecule has 38 heavy (non-hydrogen) atoms. The number of methoxy groups -OCH3 is 1. The lowest BCUT2D eigenvalue weighted by Crippen LogP contribution is -2.26. The van der Waals surface area contributed by atoms with E-state index < -0.39 is 39.6 Å². The minimum atomic E-state index is -4.01. The number of nitrogens with one attached hydrogen (secondary N) is 1. The van der Waals surface area contributed by atoms with Crippen molar-refractivity contribution in [1.29, 1.82) is 0 Å². The van der Waals surface area contributed by atoms with Gasteiger partial charge in [-0.2, -0.15) is 0 Å². The number of hydrogen-bond donors (Lipinski definition) is 3. The third-order valence-corrected chi connectivity index (χ3v) is 6.99. The molecule has 1 aromatic heterocycles. The minimum absolute atomic E-state index is 0.0427. The number of amides is 1. The Hall–Kier alpha value is -4.63. The summed E-state index contributed by atoms with van der Waals surface area (Å²) in [7, 11) is -2.56. The highest BCUT2D eigenvalue weighted by atomic mass is 32.2. The number of benzene rings is 2. The van der Waals surface area contributed by atoms with Crippen LogP contribution in [0.15, 0.2) is 65.6 Å². The fourth-order valence-corrected chi connectivity index (χ4v) is 4.78. The molecule has 0 fully saturated rings. The van der Waals surface area contributed by atoms with E-state index in [4.69, 9.17) is 20.7 Å². The van der Waals surface area contributed by atoms with Crippen LogP contribution in [0.5, 0.6) is 17.5 Å². The maximum absolute atomic E-state index is 13.2. The molecule has 1 atom stereocenters. The normalized spacial score (nSPS) is 11.7. The van der Waals surface area contributed by atoms with Gasteiger partial charge in [0.15, 0.2) is 9.84 Å². The van der Waals surface area contributed by atoms with E-state index >= 15 is 0 Å². The van der Waals surface area contributed by atoms with Crippen LogP contribution in [0.4, 0.5) is 10.5 Å². The number of sulfone groups is 1. The number of carbonyl (C=O) groups excluding carboxylic acids is 2. The van der Waals surface area contributed by atoms with Gasteiger partial charge in [0.1, 0.15) is 11.9 Å². The first-order valence-electron chi connectivity index (χ1n) is 11.3. The van der Waals surface area contributed by atoms with Gasteiger partial charge in [-0.15, -0.1) is 17.1 Å². The van der Waals surface area contributed by atoms with Crippen LogP contribution in [-0.2, 0) is 19.4 Å². The lowest BCUT2D eigenvalue weighted by molar-refractivity contribution is -0.116. The summed E-state index contributed by atoms with van der Waals surface area (Å²) in [5.41, 5.74) is 0.583. The third kappa shape index (κ3) is 7.44. The molecule has 0 bridgehead atoms. The molecule has 3 N–H and O–H groups in total. The largest absolute Gasteiger partial charge is 0.534 e. The molecule has 11 nitrogen and oxygen atoms in total. The quantitative estimate of drug-likeness (QED) is 0.188. The highest BCUT2D eigenvalue weighted by molar-refractivity contribution is 7.91. The second-order valence-corrected chi connectivity index (χ2v) is 10.0. The van der Waals surface area contributed by atoms with E-state index in [2.05, 4.69) is 11.2 Å². The van der Waals surface area contributed by atoms with E-state index in [9.17, 15) is 28.2 Å². The van der Waals surface area contributed by atoms with Gasteiger partial charge in [0, 0.05) is 30.7 Å². The summed E-state index contributed by atoms with van der Waals surface area (Å²) in [4.78, 5) is 29.5. The molecule has 0 aliphatic rings. The summed E-state index contributed by atoms with van der Waals surface area (Å²) < 4.78 is 37.2. The van der Waals surface area contributed by atoms with Crippen LogP contribution in [-0.4, -0.2) is 48.3 Å². The number of rotatable bonds is 11. The van der Waals surface area contributed by atoms with Crippen LogP contribution < -0.4 is 14.9 Å². The third-order valence-electron chi connectivity index (χ3n) is 5.26. The van der Waals surface area contributed by atoms with Crippen molar-refractivity contribution in [2.45, 2.75) is 30.3 Å². The number of aromatic hydroxyl groups is 2. The molecule has 3 rings (SSSR count). The summed E-state index contributed by atoms with van der Waals surface area (Å²) in [5, 5.41) is 22.1. The van der Waals surface area contributed by atoms with E-state index in [1.807, 2.05) is 0 Å². The SMILES string of the molecule is C#CCCCC(=O)Nc1cccc(C(CS(=O)(=O)c2ccc(OC)cc2)OC(=O)On2c(O)ccc2O)c1. The van der Waals surface area contributed by atoms with Crippen molar-refractivity contribution in [3.63, 3.8) is 0 Å². The fourth-order valence-electron chi connectivity index (χ4n) is 3.38. The smallest absolute Gasteiger partial charge is 0.497 e. The van der Waals surface area contributed by atoms with Gasteiger partial charge in [0.05, 0.1) is 17.8 Å². The van der Waals surface area contributed by atoms with Crippen molar-refractivity contribution in [2.24, 2.45) is 0 Å². The van der Waals surface area contributed by atoms with Crippen molar-refractivity contribution in [1.82, 2.24) is 4.73 Å². The van der Waals surface area contributed by atoms with Crippen LogP contribution in [0.2, 0.25) is 0 Å². The Balaban J connectivity index is 1.87. The zero-order chi connectivity index (χ0) is 27.7. The number of carbonyl (C=O) groups is 2. The van der Waals surface area contributed by atoms with Crippen molar-refractivity contribution < 1.29 is 42.5 Å². The fraction of sp³-hybridized carbons (Fsp3) is 0.231. The summed E-state index contributed by atoms with van der Waals surface area (Å²) in [6, 6.07) is 13.9. The molecule has 0 aliphatic heterocycles. The summed E-state index contributed by atoms with van der Waals surface area (Å²) >= 11 is 0. The van der Waals surface area contributed by atoms with Gasteiger partial charge in [-0.25, -0.2) is 13.2 Å². The van der Waals surface area contributed by atoms with Gasteiger partial charge in [0.2, 0.25) is 17.7 Å². The van der Waals surface area contributed by atoms with Crippen molar-refractivity contribution >= 4 is 27.6 Å². The second kappa shape index (κ2) is 12.6. The first kappa shape index (κ1) is 27.9. The van der Waals surface area contributed by atoms with Crippen LogP contribution in [0.25, 0.3) is 0 Å². The molecule has 0 radical (unpaired) electrons. The first-order chi connectivity index (χ1) is 18.1. The van der Waals surface area contributed by atoms with E-state index in [0.29, 0.717) is 29.0 Å². The number of aromatic nitrogens is 1. The predicted octanol–water partition coefficient (Wildman–Crippen LogP) is 3.43. The van der Waals surface area contributed by atoms with Gasteiger partial charge in [-0.3, -0.25) is 9.63 Å². The number of ether oxygens (including phenoxy) is 2. The van der Waals surface area contributed by atoms with Crippen LogP contribution in [0.1, 0.15) is 30.9 Å². The zero-order valence-corrected chi connectivity index (χ0v) is 21.2. The molecule has 0 spiro atoms. The predicted molar refractivity (Wildman–Crippen MR) is 136 cm³/mol. The maximum Gasteiger partial charge on any atom is 0.534 e. The first-order valence-corrected chi connectivity index (χ1v) is 13.0. The van der Waals surface area contributed by atoms with Gasteiger partial charge in [-0.05, 0) is 48.4 Å². The number of nitrogens with zero attached hydrogens (tertiary/aromatic N) is 1. The molecule has 1 unspecified atom stereocenters. The van der Waals surface area contributed by atoms with E-state index in [0.717, 1.165) is 12.1 Å². The van der Waals surface area contributed by atoms with Crippen LogP contribution in [0.3, 0.4) is 0 Å². The molecule has 1 heterocycles. The highest BCUT2D eigenvalue weighted by Gasteiger charge is 2.28. The molecule has 200 valence electrons. The Labute approximate surface area is 219 Å². The molecular formula is C26H26N2O9S. The van der Waals surface area contributed by atoms with Gasteiger partial charge >= 0.3 is 6.16 Å². The standard InChI is InChI=1S/C26H26N2O9S/c1-3-4-5-9-23(29)27-19-8-6-7-18(16-19)22(36-26(32)37-28-24(30)14-15-25(28)31)17-38(33,34)21-12-10-20(35-2)11-13-21/h1,6-8,10-16,22,30-31H,4-5,9,17H2,2H3,(H,27,29). The van der Waals surface area contributed by atoms with E-state index in [1.165, 1.54) is 43.5 Å². The minimum Gasteiger partial charge on any atom is -0.497 e. The zero-order valence-electron chi connectivity index (χ0n) is 20.4. The number of unbranched alkanes of at least 4 members (excludes halogenated alkanes) is 1. The van der Waals surface area contributed by atoms with E-state index in [-0.39, 0.29) is 22.8 Å². The monoisotopic (exact) mass is 542 g/mol. The average Bonchev–Trinajstić information content (AvgIpc) is 3.20. The highest BCUT2D eigenvalue weighted by Crippen LogP contribution is 2.27. The van der Waals surface area contributed by atoms with E-state index in [1.54, 1.807) is 12.1 Å². The molecule has 0 saturated carbocycles. The van der Waals surface area contributed by atoms with Gasteiger partial charge < -0.3 is 25.0 Å². The summed E-state index contributed by atoms with van der Waals surface area (Å²) in [6.45, 7) is 0. The average molecular weight is 543 g/mol. The Morgan fingerprint density at radius 2 is 1.76 bits per heavy atom.